The minimum absolute atomic E-state index is 0.139. The van der Waals surface area contributed by atoms with Crippen molar-refractivity contribution in [3.05, 3.63) is 58.7 Å². The second kappa shape index (κ2) is 10.4. The van der Waals surface area contributed by atoms with Gasteiger partial charge in [0.1, 0.15) is 0 Å². The van der Waals surface area contributed by atoms with Gasteiger partial charge in [-0.3, -0.25) is 9.10 Å². The van der Waals surface area contributed by atoms with Gasteiger partial charge in [0, 0.05) is 18.7 Å². The zero-order chi connectivity index (χ0) is 23.2. The Bertz CT molecular complexity index is 1060. The summed E-state index contributed by atoms with van der Waals surface area (Å²) >= 11 is 0. The van der Waals surface area contributed by atoms with Gasteiger partial charge in [0.15, 0.2) is 0 Å². The van der Waals surface area contributed by atoms with Crippen LogP contribution >= 0.6 is 0 Å². The zero-order valence-corrected chi connectivity index (χ0v) is 19.5. The van der Waals surface area contributed by atoms with Gasteiger partial charge >= 0.3 is 5.97 Å². The standard InChI is InChI=1S/C23H30N2O5S/c1-6-30-23(27)19-11-8-12-20(18(19)4)24-22(26)14-9-15-25(31(5,28)29)21-13-7-10-16(2)17(21)3/h7-8,10-13H,6,9,14-15H2,1-5H3,(H,24,26). The molecule has 0 saturated carbocycles. The molecule has 0 unspecified atom stereocenters. The summed E-state index contributed by atoms with van der Waals surface area (Å²) in [7, 11) is -3.49. The average Bonchev–Trinajstić information content (AvgIpc) is 2.69. The smallest absolute Gasteiger partial charge is 0.338 e. The summed E-state index contributed by atoms with van der Waals surface area (Å²) in [6.45, 7) is 7.75. The van der Waals surface area contributed by atoms with Crippen molar-refractivity contribution < 1.29 is 22.7 Å². The summed E-state index contributed by atoms with van der Waals surface area (Å²) in [6.07, 6.45) is 1.65. The first kappa shape index (κ1) is 24.4. The highest BCUT2D eigenvalue weighted by molar-refractivity contribution is 7.92. The maximum absolute atomic E-state index is 12.5. The zero-order valence-electron chi connectivity index (χ0n) is 18.7. The Morgan fingerprint density at radius 2 is 1.71 bits per heavy atom. The molecule has 2 aromatic rings. The molecule has 0 radical (unpaired) electrons. The number of hydrogen-bond donors (Lipinski definition) is 1. The van der Waals surface area contributed by atoms with Crippen molar-refractivity contribution in [1.29, 1.82) is 0 Å². The van der Waals surface area contributed by atoms with E-state index in [1.54, 1.807) is 38.1 Å². The lowest BCUT2D eigenvalue weighted by atomic mass is 10.1. The molecule has 1 amide bonds. The number of hydrogen-bond acceptors (Lipinski definition) is 5. The molecule has 0 aliphatic heterocycles. The maximum Gasteiger partial charge on any atom is 0.338 e. The van der Waals surface area contributed by atoms with Crippen LogP contribution in [0.4, 0.5) is 11.4 Å². The first-order valence-electron chi connectivity index (χ1n) is 10.2. The van der Waals surface area contributed by atoms with Crippen LogP contribution < -0.4 is 9.62 Å². The molecule has 0 spiro atoms. The molecule has 8 heteroatoms. The SMILES string of the molecule is CCOC(=O)c1cccc(NC(=O)CCCN(c2cccc(C)c2C)S(C)(=O)=O)c1C. The van der Waals surface area contributed by atoms with Crippen molar-refractivity contribution in [3.8, 4) is 0 Å². The van der Waals surface area contributed by atoms with Crippen LogP contribution in [0.3, 0.4) is 0 Å². The third-order valence-electron chi connectivity index (χ3n) is 5.11. The fourth-order valence-electron chi connectivity index (χ4n) is 3.27. The van der Waals surface area contributed by atoms with Crippen molar-refractivity contribution in [2.75, 3.05) is 29.0 Å². The number of nitrogens with one attached hydrogen (secondary N) is 1. The second-order valence-corrected chi connectivity index (χ2v) is 9.31. The average molecular weight is 447 g/mol. The van der Waals surface area contributed by atoms with E-state index < -0.39 is 16.0 Å². The van der Waals surface area contributed by atoms with Crippen molar-refractivity contribution in [2.45, 2.75) is 40.5 Å². The van der Waals surface area contributed by atoms with Crippen LogP contribution in [0.15, 0.2) is 36.4 Å². The number of amides is 1. The summed E-state index contributed by atoms with van der Waals surface area (Å²) in [5.41, 5.74) is 4.08. The Morgan fingerprint density at radius 3 is 2.35 bits per heavy atom. The predicted octanol–water partition coefficient (Wildman–Crippen LogP) is 3.97. The highest BCUT2D eigenvalue weighted by Gasteiger charge is 2.20. The van der Waals surface area contributed by atoms with E-state index in [0.29, 0.717) is 28.9 Å². The van der Waals surface area contributed by atoms with E-state index in [1.807, 2.05) is 26.0 Å². The fourth-order valence-corrected chi connectivity index (χ4v) is 4.28. The van der Waals surface area contributed by atoms with E-state index in [-0.39, 0.29) is 25.5 Å². The minimum atomic E-state index is -3.49. The minimum Gasteiger partial charge on any atom is -0.462 e. The molecule has 2 aromatic carbocycles. The second-order valence-electron chi connectivity index (χ2n) is 7.40. The van der Waals surface area contributed by atoms with E-state index in [0.717, 1.165) is 11.1 Å². The van der Waals surface area contributed by atoms with Gasteiger partial charge in [0.25, 0.3) is 0 Å². The lowest BCUT2D eigenvalue weighted by molar-refractivity contribution is -0.116. The molecule has 0 bridgehead atoms. The molecule has 31 heavy (non-hydrogen) atoms. The third kappa shape index (κ3) is 6.30. The van der Waals surface area contributed by atoms with Crippen molar-refractivity contribution >= 4 is 33.3 Å². The molecule has 0 atom stereocenters. The van der Waals surface area contributed by atoms with Crippen LogP contribution in [0.25, 0.3) is 0 Å². The van der Waals surface area contributed by atoms with Crippen LogP contribution in [-0.4, -0.2) is 39.7 Å². The number of ether oxygens (including phenoxy) is 1. The van der Waals surface area contributed by atoms with Gasteiger partial charge in [0.2, 0.25) is 15.9 Å². The molecule has 0 heterocycles. The van der Waals surface area contributed by atoms with E-state index in [2.05, 4.69) is 5.32 Å². The molecule has 0 aliphatic carbocycles. The number of esters is 1. The Kier molecular flexibility index (Phi) is 8.21. The first-order chi connectivity index (χ1) is 14.6. The van der Waals surface area contributed by atoms with Gasteiger partial charge < -0.3 is 10.1 Å². The highest BCUT2D eigenvalue weighted by atomic mass is 32.2. The molecule has 7 nitrogen and oxygen atoms in total. The highest BCUT2D eigenvalue weighted by Crippen LogP contribution is 2.25. The van der Waals surface area contributed by atoms with Crippen LogP contribution in [0.1, 0.15) is 46.8 Å². The number of aryl methyl sites for hydroxylation is 1. The Labute approximate surface area is 184 Å². The number of anilines is 2. The van der Waals surface area contributed by atoms with Crippen molar-refractivity contribution in [3.63, 3.8) is 0 Å². The Balaban J connectivity index is 2.06. The molecular weight excluding hydrogens is 416 g/mol. The predicted molar refractivity (Wildman–Crippen MR) is 123 cm³/mol. The molecule has 168 valence electrons. The monoisotopic (exact) mass is 446 g/mol. The van der Waals surface area contributed by atoms with Gasteiger partial charge in [-0.1, -0.05) is 18.2 Å². The summed E-state index contributed by atoms with van der Waals surface area (Å²) < 4.78 is 31.1. The lowest BCUT2D eigenvalue weighted by Crippen LogP contribution is -2.32. The van der Waals surface area contributed by atoms with Crippen LogP contribution in [0.5, 0.6) is 0 Å². The van der Waals surface area contributed by atoms with Crippen molar-refractivity contribution in [2.24, 2.45) is 0 Å². The van der Waals surface area contributed by atoms with Gasteiger partial charge in [0.05, 0.1) is 24.1 Å². The largest absolute Gasteiger partial charge is 0.462 e. The van der Waals surface area contributed by atoms with E-state index >= 15 is 0 Å². The summed E-state index contributed by atoms with van der Waals surface area (Å²) in [5.74, 6) is -0.688. The van der Waals surface area contributed by atoms with Gasteiger partial charge in [-0.2, -0.15) is 0 Å². The normalized spacial score (nSPS) is 11.1. The summed E-state index contributed by atoms with van der Waals surface area (Å²) in [6, 6.07) is 10.6. The quantitative estimate of drug-likeness (QED) is 0.588. The van der Waals surface area contributed by atoms with E-state index in [4.69, 9.17) is 4.74 Å². The lowest BCUT2D eigenvalue weighted by Gasteiger charge is -2.25. The Hall–Kier alpha value is -2.87. The number of nitrogens with zero attached hydrogens (tertiary/aromatic N) is 1. The molecule has 2 rings (SSSR count). The topological polar surface area (TPSA) is 92.8 Å². The summed E-state index contributed by atoms with van der Waals surface area (Å²) in [4.78, 5) is 24.5. The first-order valence-corrected chi connectivity index (χ1v) is 12.0. The van der Waals surface area contributed by atoms with Gasteiger partial charge in [-0.15, -0.1) is 0 Å². The Morgan fingerprint density at radius 1 is 1.03 bits per heavy atom. The molecule has 1 N–H and O–H groups in total. The maximum atomic E-state index is 12.5. The fraction of sp³-hybridized carbons (Fsp3) is 0.391. The summed E-state index contributed by atoms with van der Waals surface area (Å²) in [5, 5.41) is 2.81. The molecule has 0 fully saturated rings. The number of benzene rings is 2. The molecular formula is C23H30N2O5S. The molecule has 0 saturated heterocycles. The number of carbonyl (C=O) groups is 2. The number of sulfonamides is 1. The van der Waals surface area contributed by atoms with Gasteiger partial charge in [-0.25, -0.2) is 13.2 Å². The van der Waals surface area contributed by atoms with E-state index in [1.165, 1.54) is 10.6 Å². The molecule has 0 aromatic heterocycles. The van der Waals surface area contributed by atoms with Crippen molar-refractivity contribution in [1.82, 2.24) is 0 Å². The number of carbonyl (C=O) groups excluding carboxylic acids is 2. The molecule has 0 aliphatic rings. The third-order valence-corrected chi connectivity index (χ3v) is 6.29. The van der Waals surface area contributed by atoms with Crippen LogP contribution in [0, 0.1) is 20.8 Å². The van der Waals surface area contributed by atoms with E-state index in [9.17, 15) is 18.0 Å². The van der Waals surface area contributed by atoms with Gasteiger partial charge in [-0.05, 0) is 69.0 Å². The van der Waals surface area contributed by atoms with Crippen LogP contribution in [-0.2, 0) is 19.6 Å². The van der Waals surface area contributed by atoms with Crippen LogP contribution in [0.2, 0.25) is 0 Å². The number of rotatable bonds is 9.